The van der Waals surface area contributed by atoms with Gasteiger partial charge in [-0.2, -0.15) is 0 Å². The van der Waals surface area contributed by atoms with Gasteiger partial charge in [0.15, 0.2) is 0 Å². The monoisotopic (exact) mass is 248 g/mol. The van der Waals surface area contributed by atoms with E-state index >= 15 is 0 Å². The van der Waals surface area contributed by atoms with Crippen molar-refractivity contribution in [3.63, 3.8) is 0 Å². The number of esters is 1. The van der Waals surface area contributed by atoms with Crippen LogP contribution < -0.4 is 0 Å². The molecular formula is C10H16O7. The maximum absolute atomic E-state index is 10.9. The van der Waals surface area contributed by atoms with Crippen LogP contribution in [0.25, 0.3) is 0 Å². The molecule has 98 valence electrons. The first-order valence-electron chi connectivity index (χ1n) is 5.20. The molecule has 0 radical (unpaired) electrons. The summed E-state index contributed by atoms with van der Waals surface area (Å²) in [5.74, 6) is -0.585. The molecule has 0 aromatic rings. The summed E-state index contributed by atoms with van der Waals surface area (Å²) in [5, 5.41) is 28.0. The average molecular weight is 248 g/mol. The highest BCUT2D eigenvalue weighted by atomic mass is 16.7. The second kappa shape index (κ2) is 6.55. The molecule has 1 rings (SSSR count). The maximum atomic E-state index is 10.9. The van der Waals surface area contributed by atoms with Crippen LogP contribution in [-0.2, 0) is 19.0 Å². The standard InChI is InChI=1S/C10H16O7/c1-2-15-7(12)3-4-16-10-9(14)8(13)6(11)5-17-10/h3-4,6,8-11,13-14H,2,5H2,1H3/b4-3-/t6-,8+,9-,10-/m1/s1. The highest BCUT2D eigenvalue weighted by molar-refractivity contribution is 5.81. The fourth-order valence-electron chi connectivity index (χ4n) is 1.26. The van der Waals surface area contributed by atoms with E-state index in [9.17, 15) is 15.0 Å². The molecule has 0 aromatic carbocycles. The van der Waals surface area contributed by atoms with Crippen LogP contribution in [0.3, 0.4) is 0 Å². The topological polar surface area (TPSA) is 105 Å². The average Bonchev–Trinajstić information content (AvgIpc) is 2.29. The van der Waals surface area contributed by atoms with E-state index in [1.54, 1.807) is 6.92 Å². The molecule has 1 saturated heterocycles. The third-order valence-corrected chi connectivity index (χ3v) is 2.16. The Balaban J connectivity index is 2.39. The van der Waals surface area contributed by atoms with Crippen molar-refractivity contribution in [2.45, 2.75) is 31.5 Å². The van der Waals surface area contributed by atoms with Crippen molar-refractivity contribution in [3.05, 3.63) is 12.3 Å². The van der Waals surface area contributed by atoms with Crippen molar-refractivity contribution >= 4 is 5.97 Å². The van der Waals surface area contributed by atoms with Gasteiger partial charge in [0.1, 0.15) is 18.3 Å². The first kappa shape index (κ1) is 13.9. The van der Waals surface area contributed by atoms with Gasteiger partial charge in [-0.1, -0.05) is 0 Å². The van der Waals surface area contributed by atoms with Gasteiger partial charge in [-0.3, -0.25) is 0 Å². The number of carbonyl (C=O) groups excluding carboxylic acids is 1. The number of ether oxygens (including phenoxy) is 3. The zero-order valence-electron chi connectivity index (χ0n) is 9.35. The van der Waals surface area contributed by atoms with Gasteiger partial charge >= 0.3 is 5.97 Å². The summed E-state index contributed by atoms with van der Waals surface area (Å²) >= 11 is 0. The van der Waals surface area contributed by atoms with E-state index in [2.05, 4.69) is 4.74 Å². The molecule has 0 aromatic heterocycles. The third-order valence-electron chi connectivity index (χ3n) is 2.16. The summed E-state index contributed by atoms with van der Waals surface area (Å²) < 4.78 is 14.4. The van der Waals surface area contributed by atoms with Gasteiger partial charge < -0.3 is 29.5 Å². The number of carbonyl (C=O) groups is 1. The molecule has 0 spiro atoms. The molecule has 4 atom stereocenters. The predicted octanol–water partition coefficient (Wildman–Crippen LogP) is -1.48. The Bertz CT molecular complexity index is 278. The fourth-order valence-corrected chi connectivity index (χ4v) is 1.26. The molecule has 1 fully saturated rings. The molecule has 1 aliphatic heterocycles. The summed E-state index contributed by atoms with van der Waals surface area (Å²) in [5.41, 5.74) is 0. The Morgan fingerprint density at radius 1 is 1.41 bits per heavy atom. The predicted molar refractivity (Wildman–Crippen MR) is 54.6 cm³/mol. The number of hydrogen-bond donors (Lipinski definition) is 3. The Hall–Kier alpha value is -1.15. The minimum atomic E-state index is -1.38. The number of aliphatic hydroxyl groups excluding tert-OH is 3. The molecule has 0 bridgehead atoms. The lowest BCUT2D eigenvalue weighted by Crippen LogP contribution is -2.53. The van der Waals surface area contributed by atoms with Crippen LogP contribution in [0.4, 0.5) is 0 Å². The van der Waals surface area contributed by atoms with E-state index in [1.807, 2.05) is 0 Å². The Labute approximate surface area is 98.2 Å². The second-order valence-corrected chi connectivity index (χ2v) is 3.44. The zero-order chi connectivity index (χ0) is 12.8. The molecule has 0 saturated carbocycles. The highest BCUT2D eigenvalue weighted by Crippen LogP contribution is 2.16. The van der Waals surface area contributed by atoms with Crippen LogP contribution in [0, 0.1) is 0 Å². The molecule has 0 unspecified atom stereocenters. The van der Waals surface area contributed by atoms with Crippen molar-refractivity contribution in [2.24, 2.45) is 0 Å². The minimum Gasteiger partial charge on any atom is -0.469 e. The zero-order valence-corrected chi connectivity index (χ0v) is 9.35. The summed E-state index contributed by atoms with van der Waals surface area (Å²) in [6, 6.07) is 0. The number of hydrogen-bond acceptors (Lipinski definition) is 7. The van der Waals surface area contributed by atoms with Crippen LogP contribution in [0.5, 0.6) is 0 Å². The smallest absolute Gasteiger partial charge is 0.333 e. The van der Waals surface area contributed by atoms with Crippen molar-refractivity contribution in [2.75, 3.05) is 13.2 Å². The van der Waals surface area contributed by atoms with E-state index in [0.717, 1.165) is 12.3 Å². The van der Waals surface area contributed by atoms with E-state index < -0.39 is 30.6 Å². The van der Waals surface area contributed by atoms with E-state index in [4.69, 9.17) is 14.6 Å². The molecule has 1 aliphatic rings. The lowest BCUT2D eigenvalue weighted by Gasteiger charge is -2.34. The second-order valence-electron chi connectivity index (χ2n) is 3.44. The molecule has 3 N–H and O–H groups in total. The Morgan fingerprint density at radius 2 is 2.12 bits per heavy atom. The van der Waals surface area contributed by atoms with Gasteiger partial charge in [-0.15, -0.1) is 0 Å². The third kappa shape index (κ3) is 3.97. The van der Waals surface area contributed by atoms with Gasteiger partial charge in [0.25, 0.3) is 0 Å². The molecule has 7 nitrogen and oxygen atoms in total. The summed E-state index contributed by atoms with van der Waals surface area (Å²) in [6.07, 6.45) is -2.97. The summed E-state index contributed by atoms with van der Waals surface area (Å²) in [6.45, 7) is 1.76. The molecule has 17 heavy (non-hydrogen) atoms. The molecule has 0 aliphatic carbocycles. The molecule has 7 heteroatoms. The quantitative estimate of drug-likeness (QED) is 0.316. The maximum Gasteiger partial charge on any atom is 0.333 e. The van der Waals surface area contributed by atoms with Gasteiger partial charge in [-0.25, -0.2) is 4.79 Å². The lowest BCUT2D eigenvalue weighted by molar-refractivity contribution is -0.254. The van der Waals surface area contributed by atoms with Crippen LogP contribution in [0.15, 0.2) is 12.3 Å². The largest absolute Gasteiger partial charge is 0.469 e. The first-order chi connectivity index (χ1) is 8.06. The van der Waals surface area contributed by atoms with E-state index in [-0.39, 0.29) is 13.2 Å². The fraction of sp³-hybridized carbons (Fsp3) is 0.700. The van der Waals surface area contributed by atoms with Crippen molar-refractivity contribution in [1.29, 1.82) is 0 Å². The van der Waals surface area contributed by atoms with Crippen LogP contribution in [0.1, 0.15) is 6.92 Å². The Morgan fingerprint density at radius 3 is 2.76 bits per heavy atom. The van der Waals surface area contributed by atoms with E-state index in [0.29, 0.717) is 0 Å². The molecule has 1 heterocycles. The molecule has 0 amide bonds. The van der Waals surface area contributed by atoms with Crippen molar-refractivity contribution in [3.8, 4) is 0 Å². The van der Waals surface area contributed by atoms with E-state index in [1.165, 1.54) is 0 Å². The van der Waals surface area contributed by atoms with Crippen molar-refractivity contribution in [1.82, 2.24) is 0 Å². The number of rotatable bonds is 4. The van der Waals surface area contributed by atoms with Crippen LogP contribution >= 0.6 is 0 Å². The summed E-state index contributed by atoms with van der Waals surface area (Å²) in [4.78, 5) is 10.9. The van der Waals surface area contributed by atoms with Crippen LogP contribution in [-0.4, -0.2) is 59.1 Å². The normalized spacial score (nSPS) is 33.6. The van der Waals surface area contributed by atoms with Gasteiger partial charge in [-0.05, 0) is 6.92 Å². The van der Waals surface area contributed by atoms with Gasteiger partial charge in [0, 0.05) is 0 Å². The lowest BCUT2D eigenvalue weighted by atomic mass is 10.1. The highest BCUT2D eigenvalue weighted by Gasteiger charge is 2.38. The Kier molecular flexibility index (Phi) is 5.36. The first-order valence-corrected chi connectivity index (χ1v) is 5.20. The van der Waals surface area contributed by atoms with Crippen molar-refractivity contribution < 1.29 is 34.3 Å². The van der Waals surface area contributed by atoms with Gasteiger partial charge in [0.2, 0.25) is 6.29 Å². The van der Waals surface area contributed by atoms with Gasteiger partial charge in [0.05, 0.1) is 25.6 Å². The van der Waals surface area contributed by atoms with Crippen LogP contribution in [0.2, 0.25) is 0 Å². The minimum absolute atomic E-state index is 0.157. The summed E-state index contributed by atoms with van der Waals surface area (Å²) in [7, 11) is 0. The molecular weight excluding hydrogens is 232 g/mol. The SMILES string of the molecule is CCOC(=O)/C=C\O[C@@H]1OC[C@@H](O)[C@H](O)[C@H]1O. The number of aliphatic hydroxyl groups is 3.